The average molecular weight is 339 g/mol. The summed E-state index contributed by atoms with van der Waals surface area (Å²) >= 11 is 1.71. The van der Waals surface area contributed by atoms with Crippen molar-refractivity contribution in [3.8, 4) is 0 Å². The maximum atomic E-state index is 12.5. The number of amides is 1. The normalized spacial score (nSPS) is 12.2. The first-order valence-corrected chi connectivity index (χ1v) is 9.36. The van der Waals surface area contributed by atoms with Gasteiger partial charge in [-0.25, -0.2) is 4.98 Å². The number of para-hydroxylation sites is 2. The molecule has 4 nitrogen and oxygen atoms in total. The summed E-state index contributed by atoms with van der Waals surface area (Å²) in [6.07, 6.45) is 2.04. The number of carbonyl (C=O) groups is 1. The van der Waals surface area contributed by atoms with Crippen molar-refractivity contribution in [3.05, 3.63) is 66.0 Å². The maximum Gasteiger partial charge on any atom is 0.240 e. The third-order valence-corrected chi connectivity index (χ3v) is 4.53. The van der Waals surface area contributed by atoms with Crippen LogP contribution in [0.4, 0.5) is 0 Å². The smallest absolute Gasteiger partial charge is 0.240 e. The molecular weight excluding hydrogens is 318 g/mol. The van der Waals surface area contributed by atoms with E-state index in [-0.39, 0.29) is 18.5 Å². The second-order valence-electron chi connectivity index (χ2n) is 5.74. The van der Waals surface area contributed by atoms with E-state index in [0.717, 1.165) is 28.2 Å². The third kappa shape index (κ3) is 3.62. The van der Waals surface area contributed by atoms with E-state index in [9.17, 15) is 4.79 Å². The molecule has 1 heterocycles. The van der Waals surface area contributed by atoms with Gasteiger partial charge in [-0.05, 0) is 30.9 Å². The van der Waals surface area contributed by atoms with Gasteiger partial charge in [0.2, 0.25) is 5.91 Å². The summed E-state index contributed by atoms with van der Waals surface area (Å²) in [4.78, 5) is 17.2. The van der Waals surface area contributed by atoms with Gasteiger partial charge in [0.15, 0.2) is 0 Å². The van der Waals surface area contributed by atoms with E-state index in [1.165, 1.54) is 0 Å². The maximum absolute atomic E-state index is 12.5. The molecule has 5 heteroatoms. The van der Waals surface area contributed by atoms with E-state index in [0.29, 0.717) is 0 Å². The lowest BCUT2D eigenvalue weighted by atomic mass is 10.1. The number of hydrogen-bond donors (Lipinski definition) is 1. The Morgan fingerprint density at radius 1 is 1.17 bits per heavy atom. The summed E-state index contributed by atoms with van der Waals surface area (Å²) in [5.41, 5.74) is 3.04. The van der Waals surface area contributed by atoms with Gasteiger partial charge in [-0.3, -0.25) is 4.79 Å². The lowest BCUT2D eigenvalue weighted by Gasteiger charge is -2.15. The van der Waals surface area contributed by atoms with Gasteiger partial charge in [0.1, 0.15) is 12.4 Å². The third-order valence-electron chi connectivity index (χ3n) is 3.99. The van der Waals surface area contributed by atoms with E-state index >= 15 is 0 Å². The minimum atomic E-state index is -0.0162. The number of fused-ring (bicyclic) bond motifs is 1. The summed E-state index contributed by atoms with van der Waals surface area (Å²) in [7, 11) is 0. The Bertz CT molecular complexity index is 829. The molecule has 0 aliphatic heterocycles. The van der Waals surface area contributed by atoms with Gasteiger partial charge >= 0.3 is 0 Å². The molecule has 0 aliphatic carbocycles. The fourth-order valence-corrected chi connectivity index (χ4v) is 3.28. The number of rotatable bonds is 6. The Kier molecular flexibility index (Phi) is 5.20. The van der Waals surface area contributed by atoms with Gasteiger partial charge in [0.25, 0.3) is 0 Å². The van der Waals surface area contributed by atoms with Crippen molar-refractivity contribution in [2.75, 3.05) is 6.26 Å². The molecule has 3 rings (SSSR count). The molecule has 1 atom stereocenters. The Hall–Kier alpha value is -2.27. The molecule has 2 aromatic carbocycles. The van der Waals surface area contributed by atoms with Gasteiger partial charge in [-0.15, -0.1) is 0 Å². The highest BCUT2D eigenvalue weighted by Gasteiger charge is 2.15. The van der Waals surface area contributed by atoms with Gasteiger partial charge in [-0.1, -0.05) is 42.5 Å². The lowest BCUT2D eigenvalue weighted by molar-refractivity contribution is -0.122. The molecule has 1 aromatic heterocycles. The molecule has 0 aliphatic rings. The summed E-state index contributed by atoms with van der Waals surface area (Å²) in [6, 6.07) is 17.9. The summed E-state index contributed by atoms with van der Waals surface area (Å²) in [5.74, 6) is 1.72. The fourth-order valence-electron chi connectivity index (χ4n) is 2.80. The van der Waals surface area contributed by atoms with Crippen LogP contribution in [-0.2, 0) is 17.1 Å². The minimum absolute atomic E-state index is 0.00291. The van der Waals surface area contributed by atoms with E-state index in [4.69, 9.17) is 0 Å². The van der Waals surface area contributed by atoms with Gasteiger partial charge in [0.05, 0.1) is 22.8 Å². The number of nitrogens with zero attached hydrogens (tertiary/aromatic N) is 2. The number of carbonyl (C=O) groups excluding carboxylic acids is 1. The van der Waals surface area contributed by atoms with Crippen LogP contribution in [0.25, 0.3) is 11.0 Å². The summed E-state index contributed by atoms with van der Waals surface area (Å²) < 4.78 is 2.01. The Morgan fingerprint density at radius 3 is 2.62 bits per heavy atom. The Morgan fingerprint density at radius 2 is 1.88 bits per heavy atom. The quantitative estimate of drug-likeness (QED) is 0.743. The van der Waals surface area contributed by atoms with Crippen LogP contribution in [0.1, 0.15) is 24.4 Å². The molecule has 1 amide bonds. The molecule has 1 unspecified atom stereocenters. The molecule has 0 fully saturated rings. The monoisotopic (exact) mass is 339 g/mol. The van der Waals surface area contributed by atoms with Crippen LogP contribution in [-0.4, -0.2) is 21.7 Å². The first-order chi connectivity index (χ1) is 11.7. The van der Waals surface area contributed by atoms with Crippen LogP contribution in [0.5, 0.6) is 0 Å². The van der Waals surface area contributed by atoms with Gasteiger partial charge < -0.3 is 9.88 Å². The highest BCUT2D eigenvalue weighted by molar-refractivity contribution is 7.97. The molecule has 0 spiro atoms. The lowest BCUT2D eigenvalue weighted by Crippen LogP contribution is -2.30. The molecule has 24 heavy (non-hydrogen) atoms. The van der Waals surface area contributed by atoms with E-state index < -0.39 is 0 Å². The first-order valence-electron chi connectivity index (χ1n) is 7.96. The second kappa shape index (κ2) is 7.53. The topological polar surface area (TPSA) is 46.9 Å². The van der Waals surface area contributed by atoms with Crippen LogP contribution >= 0.6 is 11.8 Å². The predicted octanol–water partition coefficient (Wildman–Crippen LogP) is 3.78. The predicted molar refractivity (Wildman–Crippen MR) is 100.0 cm³/mol. The summed E-state index contributed by atoms with van der Waals surface area (Å²) in [6.45, 7) is 2.29. The standard InChI is InChI=1S/C19H21N3OS/c1-14(15-8-4-3-5-9-15)20-19(23)12-22-17-11-7-6-10-16(17)21-18(22)13-24-2/h3-11,14H,12-13H2,1-2H3,(H,20,23). The molecule has 1 N–H and O–H groups in total. The molecule has 124 valence electrons. The number of nitrogens with one attached hydrogen (secondary N) is 1. The van der Waals surface area contributed by atoms with E-state index in [2.05, 4.69) is 10.3 Å². The van der Waals surface area contributed by atoms with Gasteiger partial charge in [-0.2, -0.15) is 11.8 Å². The molecule has 0 radical (unpaired) electrons. The molecular formula is C19H21N3OS. The number of imidazole rings is 1. The SMILES string of the molecule is CSCc1nc2ccccc2n1CC(=O)NC(C)c1ccccc1. The van der Waals surface area contributed by atoms with Crippen molar-refractivity contribution in [2.24, 2.45) is 0 Å². The highest BCUT2D eigenvalue weighted by atomic mass is 32.2. The molecule has 3 aromatic rings. The Labute approximate surface area is 146 Å². The number of thioether (sulfide) groups is 1. The molecule has 0 bridgehead atoms. The zero-order chi connectivity index (χ0) is 16.9. The number of aromatic nitrogens is 2. The Balaban J connectivity index is 1.79. The van der Waals surface area contributed by atoms with Crippen LogP contribution < -0.4 is 5.32 Å². The largest absolute Gasteiger partial charge is 0.348 e. The van der Waals surface area contributed by atoms with Crippen LogP contribution in [0, 0.1) is 0 Å². The van der Waals surface area contributed by atoms with Crippen molar-refractivity contribution in [1.29, 1.82) is 0 Å². The first kappa shape index (κ1) is 16.6. The van der Waals surface area contributed by atoms with Gasteiger partial charge in [0, 0.05) is 0 Å². The average Bonchev–Trinajstić information content (AvgIpc) is 2.93. The fraction of sp³-hybridized carbons (Fsp3) is 0.263. The van der Waals surface area contributed by atoms with Crippen LogP contribution in [0.15, 0.2) is 54.6 Å². The molecule has 0 saturated carbocycles. The van der Waals surface area contributed by atoms with Crippen LogP contribution in [0.3, 0.4) is 0 Å². The van der Waals surface area contributed by atoms with Crippen LogP contribution in [0.2, 0.25) is 0 Å². The van der Waals surface area contributed by atoms with E-state index in [1.807, 2.05) is 72.3 Å². The highest BCUT2D eigenvalue weighted by Crippen LogP contribution is 2.19. The number of hydrogen-bond acceptors (Lipinski definition) is 3. The second-order valence-corrected chi connectivity index (χ2v) is 6.60. The van der Waals surface area contributed by atoms with Crippen molar-refractivity contribution in [3.63, 3.8) is 0 Å². The zero-order valence-corrected chi connectivity index (χ0v) is 14.7. The summed E-state index contributed by atoms with van der Waals surface area (Å²) in [5, 5.41) is 3.07. The zero-order valence-electron chi connectivity index (χ0n) is 13.9. The number of benzene rings is 2. The van der Waals surface area contributed by atoms with Crippen molar-refractivity contribution < 1.29 is 4.79 Å². The van der Waals surface area contributed by atoms with Crippen molar-refractivity contribution in [2.45, 2.75) is 25.3 Å². The van der Waals surface area contributed by atoms with Crippen molar-refractivity contribution in [1.82, 2.24) is 14.9 Å². The minimum Gasteiger partial charge on any atom is -0.348 e. The van der Waals surface area contributed by atoms with E-state index in [1.54, 1.807) is 11.8 Å². The van der Waals surface area contributed by atoms with Crippen molar-refractivity contribution >= 4 is 28.7 Å². The molecule has 0 saturated heterocycles.